The third-order valence-corrected chi connectivity index (χ3v) is 5.71. The van der Waals surface area contributed by atoms with E-state index < -0.39 is 5.60 Å². The van der Waals surface area contributed by atoms with E-state index in [-0.39, 0.29) is 17.7 Å². The zero-order valence-corrected chi connectivity index (χ0v) is 13.5. The minimum absolute atomic E-state index is 0.0256. The van der Waals surface area contributed by atoms with Crippen LogP contribution in [0.5, 0.6) is 0 Å². The SMILES string of the molecule is O=C(NCC1(O)CCCCC1)NC1CCOC2(CCCC2)C1. The number of ether oxygens (including phenoxy) is 1. The van der Waals surface area contributed by atoms with Crippen LogP contribution >= 0.6 is 0 Å². The molecule has 1 unspecified atom stereocenters. The molecule has 22 heavy (non-hydrogen) atoms. The van der Waals surface area contributed by atoms with Crippen molar-refractivity contribution in [2.24, 2.45) is 0 Å². The second kappa shape index (κ2) is 6.75. The lowest BCUT2D eigenvalue weighted by atomic mass is 9.85. The lowest BCUT2D eigenvalue weighted by molar-refractivity contribution is -0.0821. The fourth-order valence-corrected chi connectivity index (χ4v) is 4.39. The number of rotatable bonds is 3. The lowest BCUT2D eigenvalue weighted by Gasteiger charge is -2.38. The number of urea groups is 1. The predicted molar refractivity (Wildman–Crippen MR) is 84.7 cm³/mol. The van der Waals surface area contributed by atoms with Gasteiger partial charge in [0.15, 0.2) is 0 Å². The Morgan fingerprint density at radius 1 is 1.09 bits per heavy atom. The quantitative estimate of drug-likeness (QED) is 0.750. The van der Waals surface area contributed by atoms with E-state index in [1.165, 1.54) is 19.3 Å². The molecule has 3 fully saturated rings. The van der Waals surface area contributed by atoms with E-state index in [2.05, 4.69) is 10.6 Å². The molecule has 126 valence electrons. The molecule has 3 rings (SSSR count). The number of carbonyl (C=O) groups is 1. The van der Waals surface area contributed by atoms with Crippen LogP contribution in [0.1, 0.15) is 70.6 Å². The molecule has 2 aliphatic carbocycles. The molecule has 2 saturated carbocycles. The Hall–Kier alpha value is -0.810. The van der Waals surface area contributed by atoms with E-state index in [1.54, 1.807) is 0 Å². The Kier molecular flexibility index (Phi) is 4.93. The number of amides is 2. The van der Waals surface area contributed by atoms with Gasteiger partial charge in [0.25, 0.3) is 0 Å². The molecular weight excluding hydrogens is 280 g/mol. The molecule has 5 heteroatoms. The van der Waals surface area contributed by atoms with Gasteiger partial charge in [0.05, 0.1) is 11.2 Å². The van der Waals surface area contributed by atoms with Crippen molar-refractivity contribution in [1.82, 2.24) is 10.6 Å². The van der Waals surface area contributed by atoms with Crippen molar-refractivity contribution in [3.8, 4) is 0 Å². The summed E-state index contributed by atoms with van der Waals surface area (Å²) in [5, 5.41) is 16.4. The van der Waals surface area contributed by atoms with Gasteiger partial charge in [0.2, 0.25) is 0 Å². The van der Waals surface area contributed by atoms with Gasteiger partial charge in [-0.3, -0.25) is 0 Å². The first-order valence-corrected chi connectivity index (χ1v) is 9.00. The van der Waals surface area contributed by atoms with E-state index in [9.17, 15) is 9.90 Å². The molecule has 1 aliphatic heterocycles. The molecule has 1 spiro atoms. The number of carbonyl (C=O) groups excluding carboxylic acids is 1. The molecule has 0 bridgehead atoms. The number of aliphatic hydroxyl groups is 1. The zero-order chi connectivity index (χ0) is 15.5. The van der Waals surface area contributed by atoms with Gasteiger partial charge in [-0.05, 0) is 38.5 Å². The van der Waals surface area contributed by atoms with Crippen molar-refractivity contribution in [1.29, 1.82) is 0 Å². The largest absolute Gasteiger partial charge is 0.388 e. The summed E-state index contributed by atoms with van der Waals surface area (Å²) in [5.41, 5.74) is -0.671. The second-order valence-corrected chi connectivity index (χ2v) is 7.54. The first-order valence-electron chi connectivity index (χ1n) is 9.00. The smallest absolute Gasteiger partial charge is 0.315 e. The highest BCUT2D eigenvalue weighted by Gasteiger charge is 2.40. The average molecular weight is 310 g/mol. The molecule has 0 aromatic rings. The van der Waals surface area contributed by atoms with Crippen molar-refractivity contribution in [3.05, 3.63) is 0 Å². The van der Waals surface area contributed by atoms with Crippen LogP contribution in [-0.4, -0.2) is 41.5 Å². The van der Waals surface area contributed by atoms with Crippen molar-refractivity contribution in [2.75, 3.05) is 13.2 Å². The van der Waals surface area contributed by atoms with Gasteiger partial charge < -0.3 is 20.5 Å². The highest BCUT2D eigenvalue weighted by Crippen LogP contribution is 2.39. The van der Waals surface area contributed by atoms with Crippen LogP contribution in [0.2, 0.25) is 0 Å². The summed E-state index contributed by atoms with van der Waals surface area (Å²) in [7, 11) is 0. The molecule has 0 aromatic carbocycles. The van der Waals surface area contributed by atoms with E-state index in [1.807, 2.05) is 0 Å². The van der Waals surface area contributed by atoms with E-state index in [0.717, 1.165) is 58.0 Å². The first-order chi connectivity index (χ1) is 10.6. The third kappa shape index (κ3) is 3.93. The summed E-state index contributed by atoms with van der Waals surface area (Å²) >= 11 is 0. The molecule has 5 nitrogen and oxygen atoms in total. The van der Waals surface area contributed by atoms with Crippen molar-refractivity contribution < 1.29 is 14.6 Å². The molecule has 0 aromatic heterocycles. The highest BCUT2D eigenvalue weighted by molar-refractivity contribution is 5.74. The minimum atomic E-state index is -0.696. The van der Waals surface area contributed by atoms with Crippen LogP contribution in [-0.2, 0) is 4.74 Å². The molecule has 1 saturated heterocycles. The Morgan fingerprint density at radius 2 is 1.77 bits per heavy atom. The maximum atomic E-state index is 12.1. The van der Waals surface area contributed by atoms with Gasteiger partial charge in [-0.15, -0.1) is 0 Å². The summed E-state index contributed by atoms with van der Waals surface area (Å²) in [6.07, 6.45) is 11.5. The van der Waals surface area contributed by atoms with E-state index in [4.69, 9.17) is 4.74 Å². The van der Waals surface area contributed by atoms with Crippen LogP contribution in [0.15, 0.2) is 0 Å². The molecule has 2 amide bonds. The van der Waals surface area contributed by atoms with Gasteiger partial charge >= 0.3 is 6.03 Å². The fourth-order valence-electron chi connectivity index (χ4n) is 4.39. The van der Waals surface area contributed by atoms with Crippen LogP contribution in [0.3, 0.4) is 0 Å². The maximum absolute atomic E-state index is 12.1. The summed E-state index contributed by atoms with van der Waals surface area (Å²) in [6, 6.07) is 0.0619. The van der Waals surface area contributed by atoms with Crippen LogP contribution in [0, 0.1) is 0 Å². The Bertz CT molecular complexity index is 387. The van der Waals surface area contributed by atoms with Crippen LogP contribution < -0.4 is 10.6 Å². The summed E-state index contributed by atoms with van der Waals surface area (Å²) in [4.78, 5) is 12.1. The molecule has 0 radical (unpaired) electrons. The Balaban J connectivity index is 1.43. The monoisotopic (exact) mass is 310 g/mol. The zero-order valence-electron chi connectivity index (χ0n) is 13.5. The molecule has 1 atom stereocenters. The standard InChI is InChI=1S/C17H30N2O3/c20-15(18-13-16(21)7-2-1-3-8-16)19-14-6-11-22-17(12-14)9-4-5-10-17/h14,21H,1-13H2,(H2,18,19,20). The Morgan fingerprint density at radius 3 is 2.50 bits per heavy atom. The molecule has 3 aliphatic rings. The van der Waals surface area contributed by atoms with Crippen molar-refractivity contribution in [3.63, 3.8) is 0 Å². The minimum Gasteiger partial charge on any atom is -0.388 e. The maximum Gasteiger partial charge on any atom is 0.315 e. The lowest BCUT2D eigenvalue weighted by Crippen LogP contribution is -2.52. The number of hydrogen-bond acceptors (Lipinski definition) is 3. The van der Waals surface area contributed by atoms with Crippen LogP contribution in [0.25, 0.3) is 0 Å². The van der Waals surface area contributed by atoms with Crippen molar-refractivity contribution >= 4 is 6.03 Å². The average Bonchev–Trinajstić information content (AvgIpc) is 2.94. The van der Waals surface area contributed by atoms with Gasteiger partial charge in [-0.2, -0.15) is 0 Å². The topological polar surface area (TPSA) is 70.6 Å². The first kappa shape index (κ1) is 16.1. The highest BCUT2D eigenvalue weighted by atomic mass is 16.5. The normalized spacial score (nSPS) is 30.1. The third-order valence-electron chi connectivity index (χ3n) is 5.71. The number of hydrogen-bond donors (Lipinski definition) is 3. The molecule has 3 N–H and O–H groups in total. The van der Waals surface area contributed by atoms with Gasteiger partial charge in [0.1, 0.15) is 0 Å². The second-order valence-electron chi connectivity index (χ2n) is 7.54. The van der Waals surface area contributed by atoms with E-state index >= 15 is 0 Å². The van der Waals surface area contributed by atoms with Crippen LogP contribution in [0.4, 0.5) is 4.79 Å². The molecular formula is C17H30N2O3. The summed E-state index contributed by atoms with van der Waals surface area (Å²) in [5.74, 6) is 0. The summed E-state index contributed by atoms with van der Waals surface area (Å²) < 4.78 is 6.00. The van der Waals surface area contributed by atoms with Gasteiger partial charge in [-0.1, -0.05) is 32.1 Å². The van der Waals surface area contributed by atoms with E-state index in [0.29, 0.717) is 6.54 Å². The van der Waals surface area contributed by atoms with Gasteiger partial charge in [0, 0.05) is 19.2 Å². The Labute approximate surface area is 133 Å². The summed E-state index contributed by atoms with van der Waals surface area (Å²) in [6.45, 7) is 1.11. The van der Waals surface area contributed by atoms with Gasteiger partial charge in [-0.25, -0.2) is 4.79 Å². The van der Waals surface area contributed by atoms with Crippen molar-refractivity contribution in [2.45, 2.75) is 87.9 Å². The fraction of sp³-hybridized carbons (Fsp3) is 0.941. The number of nitrogens with one attached hydrogen (secondary N) is 2. The molecule has 1 heterocycles. The predicted octanol–water partition coefficient (Wildman–Crippen LogP) is 2.47.